The Labute approximate surface area is 80.4 Å². The lowest BCUT2D eigenvalue weighted by molar-refractivity contribution is -0.337. The van der Waals surface area contributed by atoms with E-state index in [1.807, 2.05) is 0 Å². The summed E-state index contributed by atoms with van der Waals surface area (Å²) >= 11 is 0. The quantitative estimate of drug-likeness (QED) is 0.204. The molecule has 0 aliphatic carbocycles. The van der Waals surface area contributed by atoms with Crippen molar-refractivity contribution in [3.05, 3.63) is 0 Å². The first-order chi connectivity index (χ1) is 6.58. The fraction of sp³-hybridized carbons (Fsp3) is 0.857. The van der Waals surface area contributed by atoms with Gasteiger partial charge in [0.15, 0.2) is 12.4 Å². The maximum absolute atomic E-state index is 10.2. The number of aliphatic hydroxyl groups is 4. The predicted molar refractivity (Wildman–Crippen MR) is 43.1 cm³/mol. The third-order valence-electron chi connectivity index (χ3n) is 1.60. The maximum Gasteiger partial charge on any atom is 0.154 e. The van der Waals surface area contributed by atoms with Gasteiger partial charge in [0.2, 0.25) is 0 Å². The van der Waals surface area contributed by atoms with E-state index in [0.29, 0.717) is 0 Å². The first kappa shape index (κ1) is 13.4. The van der Waals surface area contributed by atoms with Crippen molar-refractivity contribution in [1.29, 1.82) is 0 Å². The van der Waals surface area contributed by atoms with Crippen LogP contribution in [0.2, 0.25) is 0 Å². The average Bonchev–Trinajstić information content (AvgIpc) is 2.22. The van der Waals surface area contributed by atoms with E-state index in [1.54, 1.807) is 0 Å². The largest absolute Gasteiger partial charge is 0.394 e. The maximum atomic E-state index is 10.2. The van der Waals surface area contributed by atoms with E-state index in [2.05, 4.69) is 9.78 Å². The number of carbonyl (C=O) groups excluding carboxylic acids is 1. The zero-order valence-corrected chi connectivity index (χ0v) is 7.61. The molecule has 0 heterocycles. The molecule has 0 fully saturated rings. The highest BCUT2D eigenvalue weighted by atomic mass is 17.2. The van der Waals surface area contributed by atoms with Gasteiger partial charge in [-0.1, -0.05) is 0 Å². The molecule has 0 rings (SSSR count). The summed E-state index contributed by atoms with van der Waals surface area (Å²) in [5, 5.41) is 35.8. The molecule has 0 spiro atoms. The average molecular weight is 210 g/mol. The van der Waals surface area contributed by atoms with E-state index in [4.69, 9.17) is 15.3 Å². The van der Waals surface area contributed by atoms with Crippen molar-refractivity contribution in [2.45, 2.75) is 24.4 Å². The molecule has 0 bridgehead atoms. The standard InChI is InChI=1S/C7H14O7/c1-13-14-7(5(11)3-9)6(12)4(10)2-8/h3-8,10-12H,2H2,1H3/t4-,5+,6-,7-/m1/s1. The molecule has 0 aromatic heterocycles. The molecule has 7 heteroatoms. The van der Waals surface area contributed by atoms with Crippen molar-refractivity contribution in [1.82, 2.24) is 0 Å². The highest BCUT2D eigenvalue weighted by Crippen LogP contribution is 2.08. The van der Waals surface area contributed by atoms with Gasteiger partial charge in [-0.15, -0.1) is 0 Å². The van der Waals surface area contributed by atoms with E-state index >= 15 is 0 Å². The zero-order valence-electron chi connectivity index (χ0n) is 7.61. The van der Waals surface area contributed by atoms with Gasteiger partial charge < -0.3 is 25.2 Å². The van der Waals surface area contributed by atoms with Crippen LogP contribution in [-0.4, -0.2) is 64.8 Å². The van der Waals surface area contributed by atoms with Crippen LogP contribution < -0.4 is 0 Å². The van der Waals surface area contributed by atoms with Crippen LogP contribution in [0.5, 0.6) is 0 Å². The highest BCUT2D eigenvalue weighted by Gasteiger charge is 2.33. The molecule has 4 atom stereocenters. The number of hydrogen-bond acceptors (Lipinski definition) is 7. The Morgan fingerprint density at radius 3 is 2.29 bits per heavy atom. The van der Waals surface area contributed by atoms with Gasteiger partial charge in [0.25, 0.3) is 0 Å². The normalized spacial score (nSPS) is 19.8. The summed E-state index contributed by atoms with van der Waals surface area (Å²) < 4.78 is 0. The van der Waals surface area contributed by atoms with Gasteiger partial charge >= 0.3 is 0 Å². The van der Waals surface area contributed by atoms with Gasteiger partial charge in [-0.05, 0) is 0 Å². The van der Waals surface area contributed by atoms with Crippen LogP contribution in [0, 0.1) is 0 Å². The second-order valence-electron chi connectivity index (χ2n) is 2.59. The van der Waals surface area contributed by atoms with Crippen molar-refractivity contribution in [3.8, 4) is 0 Å². The minimum Gasteiger partial charge on any atom is -0.394 e. The number of rotatable bonds is 7. The van der Waals surface area contributed by atoms with Crippen molar-refractivity contribution >= 4 is 6.29 Å². The van der Waals surface area contributed by atoms with Crippen molar-refractivity contribution in [3.63, 3.8) is 0 Å². The van der Waals surface area contributed by atoms with Gasteiger partial charge in [0.05, 0.1) is 13.7 Å². The molecule has 14 heavy (non-hydrogen) atoms. The van der Waals surface area contributed by atoms with Gasteiger partial charge in [0.1, 0.15) is 18.3 Å². The Kier molecular flexibility index (Phi) is 6.54. The Morgan fingerprint density at radius 1 is 1.36 bits per heavy atom. The fourth-order valence-corrected chi connectivity index (χ4v) is 0.831. The van der Waals surface area contributed by atoms with E-state index in [1.165, 1.54) is 0 Å². The van der Waals surface area contributed by atoms with Crippen LogP contribution in [0.25, 0.3) is 0 Å². The third-order valence-corrected chi connectivity index (χ3v) is 1.60. The van der Waals surface area contributed by atoms with Gasteiger partial charge in [-0.25, -0.2) is 9.78 Å². The minimum absolute atomic E-state index is 0.122. The first-order valence-corrected chi connectivity index (χ1v) is 3.88. The van der Waals surface area contributed by atoms with Crippen molar-refractivity contribution < 1.29 is 35.0 Å². The molecule has 4 N–H and O–H groups in total. The van der Waals surface area contributed by atoms with E-state index in [9.17, 15) is 9.90 Å². The summed E-state index contributed by atoms with van der Waals surface area (Å²) in [6.45, 7) is -0.726. The van der Waals surface area contributed by atoms with Crippen molar-refractivity contribution in [2.24, 2.45) is 0 Å². The first-order valence-electron chi connectivity index (χ1n) is 3.88. The summed E-state index contributed by atoms with van der Waals surface area (Å²) in [4.78, 5) is 18.7. The zero-order chi connectivity index (χ0) is 11.1. The molecule has 7 nitrogen and oxygen atoms in total. The van der Waals surface area contributed by atoms with E-state index in [-0.39, 0.29) is 6.29 Å². The SMILES string of the molecule is COO[C@@H]([C@H](O)[C@H](O)CO)[C@@H](O)C=O. The molecular weight excluding hydrogens is 196 g/mol. The number of hydrogen-bond donors (Lipinski definition) is 4. The monoisotopic (exact) mass is 210 g/mol. The molecule has 0 aromatic carbocycles. The molecule has 0 aromatic rings. The Bertz CT molecular complexity index is 162. The van der Waals surface area contributed by atoms with Crippen LogP contribution in [0.4, 0.5) is 0 Å². The van der Waals surface area contributed by atoms with Crippen LogP contribution in [0.15, 0.2) is 0 Å². The minimum atomic E-state index is -1.65. The molecular formula is C7H14O7. The molecule has 0 aliphatic rings. The fourth-order valence-electron chi connectivity index (χ4n) is 0.831. The van der Waals surface area contributed by atoms with E-state index in [0.717, 1.165) is 7.11 Å². The molecule has 0 aliphatic heterocycles. The lowest BCUT2D eigenvalue weighted by atomic mass is 10.0. The molecule has 0 saturated carbocycles. The second kappa shape index (κ2) is 6.82. The van der Waals surface area contributed by atoms with Crippen molar-refractivity contribution in [2.75, 3.05) is 13.7 Å². The topological polar surface area (TPSA) is 116 Å². The lowest BCUT2D eigenvalue weighted by Gasteiger charge is -2.25. The summed E-state index contributed by atoms with van der Waals surface area (Å²) in [5.41, 5.74) is 0. The summed E-state index contributed by atoms with van der Waals surface area (Å²) in [6, 6.07) is 0. The number of aliphatic hydroxyl groups excluding tert-OH is 4. The number of aldehydes is 1. The third kappa shape index (κ3) is 3.66. The lowest BCUT2D eigenvalue weighted by Crippen LogP contribution is -2.47. The Hall–Kier alpha value is -0.570. The summed E-state index contributed by atoms with van der Waals surface area (Å²) in [5.74, 6) is 0. The number of carbonyl (C=O) groups is 1. The van der Waals surface area contributed by atoms with Gasteiger partial charge in [-0.3, -0.25) is 0 Å². The smallest absolute Gasteiger partial charge is 0.154 e. The van der Waals surface area contributed by atoms with Crippen LogP contribution in [-0.2, 0) is 14.6 Å². The van der Waals surface area contributed by atoms with E-state index < -0.39 is 31.0 Å². The Morgan fingerprint density at radius 2 is 1.93 bits per heavy atom. The molecule has 84 valence electrons. The van der Waals surface area contributed by atoms with Gasteiger partial charge in [0, 0.05) is 0 Å². The van der Waals surface area contributed by atoms with Crippen LogP contribution in [0.1, 0.15) is 0 Å². The Balaban J connectivity index is 4.38. The molecule has 0 amide bonds. The highest BCUT2D eigenvalue weighted by molar-refractivity contribution is 5.56. The van der Waals surface area contributed by atoms with Crippen LogP contribution >= 0.6 is 0 Å². The summed E-state index contributed by atoms with van der Waals surface area (Å²) in [6.07, 6.45) is -6.12. The van der Waals surface area contributed by atoms with Gasteiger partial charge in [-0.2, -0.15) is 0 Å². The molecule has 0 unspecified atom stereocenters. The molecule has 0 radical (unpaired) electrons. The molecule has 0 saturated heterocycles. The summed E-state index contributed by atoms with van der Waals surface area (Å²) in [7, 11) is 1.11. The predicted octanol–water partition coefficient (Wildman–Crippen LogP) is -2.79. The van der Waals surface area contributed by atoms with Crippen LogP contribution in [0.3, 0.4) is 0 Å². The second-order valence-corrected chi connectivity index (χ2v) is 2.59.